The van der Waals surface area contributed by atoms with Gasteiger partial charge in [-0.2, -0.15) is 5.26 Å². The second-order valence-corrected chi connectivity index (χ2v) is 7.01. The molecule has 30 heavy (non-hydrogen) atoms. The van der Waals surface area contributed by atoms with Gasteiger partial charge in [-0.25, -0.2) is 9.97 Å². The number of hydrogen-bond donors (Lipinski definition) is 2. The van der Waals surface area contributed by atoms with Crippen LogP contribution in [0.15, 0.2) is 73.1 Å². The summed E-state index contributed by atoms with van der Waals surface area (Å²) in [6.07, 6.45) is 5.54. The number of rotatable bonds is 4. The Labute approximate surface area is 179 Å². The lowest BCUT2D eigenvalue weighted by molar-refractivity contribution is 1.29. The van der Waals surface area contributed by atoms with Gasteiger partial charge in [0.05, 0.1) is 11.6 Å². The van der Waals surface area contributed by atoms with Gasteiger partial charge < -0.3 is 10.0 Å². The molecule has 0 aliphatic carbocycles. The fourth-order valence-electron chi connectivity index (χ4n) is 2.88. The fraction of sp³-hybridized carbons (Fsp3) is 0.0417. The van der Waals surface area contributed by atoms with E-state index in [2.05, 4.69) is 37.9 Å². The van der Waals surface area contributed by atoms with Crippen molar-refractivity contribution in [2.75, 3.05) is 16.3 Å². The number of aromatic nitrogens is 2. The first-order chi connectivity index (χ1) is 14.7. The maximum absolute atomic E-state index is 8.91. The summed E-state index contributed by atoms with van der Waals surface area (Å²) in [5.41, 5.74) is 4.12. The molecule has 4 aromatic rings. The molecule has 0 amide bonds. The molecule has 2 heterocycles. The van der Waals surface area contributed by atoms with E-state index in [9.17, 15) is 0 Å². The summed E-state index contributed by atoms with van der Waals surface area (Å²) in [5.74, 6) is 6.99. The van der Waals surface area contributed by atoms with Gasteiger partial charge in [0.1, 0.15) is 11.5 Å². The van der Waals surface area contributed by atoms with Crippen molar-refractivity contribution in [2.24, 2.45) is 0 Å². The van der Waals surface area contributed by atoms with Crippen LogP contribution in [0.4, 0.5) is 17.2 Å². The van der Waals surface area contributed by atoms with Crippen LogP contribution in [0.2, 0.25) is 0 Å². The van der Waals surface area contributed by atoms with Crippen molar-refractivity contribution in [3.8, 4) is 17.9 Å². The number of fused-ring (bicyclic) bond motifs is 1. The van der Waals surface area contributed by atoms with E-state index in [1.165, 1.54) is 0 Å². The van der Waals surface area contributed by atoms with Gasteiger partial charge in [0, 0.05) is 46.4 Å². The molecule has 0 radical (unpaired) electrons. The summed E-state index contributed by atoms with van der Waals surface area (Å²) in [7, 11) is 0. The van der Waals surface area contributed by atoms with Crippen LogP contribution in [0.25, 0.3) is 10.8 Å². The van der Waals surface area contributed by atoms with Crippen molar-refractivity contribution in [3.63, 3.8) is 0 Å². The number of nitrogens with one attached hydrogen (secondary N) is 2. The van der Waals surface area contributed by atoms with Gasteiger partial charge >= 0.3 is 0 Å². The van der Waals surface area contributed by atoms with Crippen molar-refractivity contribution in [2.45, 2.75) is 0 Å². The minimum Gasteiger partial charge on any atom is -0.340 e. The quantitative estimate of drug-likeness (QED) is 0.352. The normalized spacial score (nSPS) is 10.0. The van der Waals surface area contributed by atoms with Gasteiger partial charge in [0.25, 0.3) is 0 Å². The smallest absolute Gasteiger partial charge is 0.131 e. The molecular formula is C24H17N5S. The van der Waals surface area contributed by atoms with E-state index in [1.807, 2.05) is 61.0 Å². The number of nitrogens with zero attached hydrogens (tertiary/aromatic N) is 3. The van der Waals surface area contributed by atoms with Crippen LogP contribution < -0.4 is 10.0 Å². The van der Waals surface area contributed by atoms with Gasteiger partial charge in [0.2, 0.25) is 0 Å². The van der Waals surface area contributed by atoms with Crippen molar-refractivity contribution >= 4 is 39.9 Å². The lowest BCUT2D eigenvalue weighted by Gasteiger charge is -2.08. The molecule has 0 atom stereocenters. The topological polar surface area (TPSA) is 73.6 Å². The zero-order chi connectivity index (χ0) is 20.8. The highest BCUT2D eigenvalue weighted by atomic mass is 32.2. The molecule has 6 heteroatoms. The monoisotopic (exact) mass is 407 g/mol. The minimum absolute atomic E-state index is 0.614. The van der Waals surface area contributed by atoms with E-state index in [0.717, 1.165) is 33.5 Å². The highest BCUT2D eigenvalue weighted by Gasteiger charge is 2.04. The zero-order valence-electron chi connectivity index (χ0n) is 16.2. The molecule has 144 valence electrons. The van der Waals surface area contributed by atoms with Gasteiger partial charge in [0.15, 0.2) is 0 Å². The van der Waals surface area contributed by atoms with Gasteiger partial charge in [-0.3, -0.25) is 0 Å². The SMILES string of the molecule is CSNc1ccc(Nc2cc3c(C#Cc4ccc(C#N)cc4)nccc3cn2)cc1. The average Bonchev–Trinajstić information content (AvgIpc) is 2.79. The van der Waals surface area contributed by atoms with Crippen LogP contribution in [0.3, 0.4) is 0 Å². The number of pyridine rings is 2. The van der Waals surface area contributed by atoms with E-state index >= 15 is 0 Å². The molecule has 0 spiro atoms. The van der Waals surface area contributed by atoms with Crippen LogP contribution in [0, 0.1) is 23.2 Å². The minimum atomic E-state index is 0.614. The van der Waals surface area contributed by atoms with Crippen molar-refractivity contribution in [3.05, 3.63) is 89.9 Å². The number of hydrogen-bond acceptors (Lipinski definition) is 6. The average molecular weight is 408 g/mol. The summed E-state index contributed by atoms with van der Waals surface area (Å²) < 4.78 is 3.20. The lowest BCUT2D eigenvalue weighted by Crippen LogP contribution is -1.95. The molecule has 5 nitrogen and oxygen atoms in total. The maximum Gasteiger partial charge on any atom is 0.131 e. The molecule has 0 saturated carbocycles. The standard InChI is InChI=1S/C24H17N5S/c1-30-29-21-9-7-20(8-10-21)28-24-14-22-19(16-27-24)12-13-26-23(22)11-6-17-2-4-18(15-25)5-3-17/h2-5,7-10,12-14,16,29H,1H3,(H,27,28). The summed E-state index contributed by atoms with van der Waals surface area (Å²) in [6, 6.07) is 21.2. The van der Waals surface area contributed by atoms with Crippen molar-refractivity contribution in [1.82, 2.24) is 9.97 Å². The predicted molar refractivity (Wildman–Crippen MR) is 124 cm³/mol. The third-order valence-electron chi connectivity index (χ3n) is 4.36. The molecule has 0 unspecified atom stereocenters. The third kappa shape index (κ3) is 4.52. The highest BCUT2D eigenvalue weighted by Crippen LogP contribution is 2.23. The summed E-state index contributed by atoms with van der Waals surface area (Å²) in [5, 5.41) is 14.1. The molecule has 0 fully saturated rings. The number of anilines is 3. The third-order valence-corrected chi connectivity index (χ3v) is 4.80. The van der Waals surface area contributed by atoms with E-state index in [1.54, 1.807) is 30.3 Å². The van der Waals surface area contributed by atoms with Gasteiger partial charge in [-0.1, -0.05) is 17.9 Å². The molecule has 0 saturated heterocycles. The Balaban J connectivity index is 1.62. The Morgan fingerprint density at radius 3 is 2.33 bits per heavy atom. The van der Waals surface area contributed by atoms with E-state index in [4.69, 9.17) is 5.26 Å². The predicted octanol–water partition coefficient (Wildman–Crippen LogP) is 5.33. The molecule has 4 rings (SSSR count). The lowest BCUT2D eigenvalue weighted by atomic mass is 10.1. The van der Waals surface area contributed by atoms with Gasteiger partial charge in [-0.05, 0) is 66.6 Å². The zero-order valence-corrected chi connectivity index (χ0v) is 17.0. The first kappa shape index (κ1) is 19.3. The van der Waals surface area contributed by atoms with E-state index in [-0.39, 0.29) is 0 Å². The van der Waals surface area contributed by atoms with Crippen LogP contribution in [0.1, 0.15) is 16.8 Å². The molecule has 2 aromatic heterocycles. The van der Waals surface area contributed by atoms with Crippen molar-refractivity contribution < 1.29 is 0 Å². The van der Waals surface area contributed by atoms with Crippen LogP contribution in [0.5, 0.6) is 0 Å². The summed E-state index contributed by atoms with van der Waals surface area (Å²) in [4.78, 5) is 8.95. The highest BCUT2D eigenvalue weighted by molar-refractivity contribution is 7.99. The maximum atomic E-state index is 8.91. The van der Waals surface area contributed by atoms with E-state index < -0.39 is 0 Å². The molecule has 0 aliphatic heterocycles. The molecular weight excluding hydrogens is 390 g/mol. The van der Waals surface area contributed by atoms with Crippen molar-refractivity contribution in [1.29, 1.82) is 5.26 Å². The second kappa shape index (κ2) is 9.00. The molecule has 2 N–H and O–H groups in total. The van der Waals surface area contributed by atoms with Crippen LogP contribution in [-0.2, 0) is 0 Å². The van der Waals surface area contributed by atoms with E-state index in [0.29, 0.717) is 11.3 Å². The number of nitriles is 1. The second-order valence-electron chi connectivity index (χ2n) is 6.40. The first-order valence-electron chi connectivity index (χ1n) is 9.18. The summed E-state index contributed by atoms with van der Waals surface area (Å²) in [6.45, 7) is 0. The Bertz CT molecular complexity index is 1280. The van der Waals surface area contributed by atoms with Crippen LogP contribution >= 0.6 is 11.9 Å². The van der Waals surface area contributed by atoms with Gasteiger partial charge in [-0.15, -0.1) is 0 Å². The fourth-order valence-corrected chi connectivity index (χ4v) is 3.25. The number of benzene rings is 2. The van der Waals surface area contributed by atoms with Crippen LogP contribution in [-0.4, -0.2) is 16.2 Å². The molecule has 2 aromatic carbocycles. The largest absolute Gasteiger partial charge is 0.340 e. The summed E-state index contributed by atoms with van der Waals surface area (Å²) >= 11 is 1.56. The Morgan fingerprint density at radius 1 is 0.867 bits per heavy atom. The Kier molecular flexibility index (Phi) is 5.80. The Morgan fingerprint density at radius 2 is 1.60 bits per heavy atom. The Hall–Kier alpha value is -4.00. The first-order valence-corrected chi connectivity index (χ1v) is 10.4. The molecule has 0 bridgehead atoms. The molecule has 0 aliphatic rings.